The van der Waals surface area contributed by atoms with Crippen LogP contribution in [0.1, 0.15) is 12.8 Å². The Balaban J connectivity index is 2.11. The molecule has 1 saturated heterocycles. The maximum Gasteiger partial charge on any atom is 0.222 e. The number of amides is 1. The van der Waals surface area contributed by atoms with E-state index in [1.807, 2.05) is 0 Å². The molecular formula is C12H22N4O. The first-order valence-electron chi connectivity index (χ1n) is 6.15. The van der Waals surface area contributed by atoms with Gasteiger partial charge in [-0.3, -0.25) is 9.69 Å². The van der Waals surface area contributed by atoms with Gasteiger partial charge in [-0.2, -0.15) is 5.26 Å². The molecule has 0 bridgehead atoms. The standard InChI is InChI=1S/C12H22N4O/c1-14(2)12(17)4-3-6-15-8-10-16(7-5-13)11-9-15/h3-4,6-11H2,1-2H3. The molecule has 0 N–H and O–H groups in total. The fourth-order valence-electron chi connectivity index (χ4n) is 1.95. The third-order valence-corrected chi connectivity index (χ3v) is 3.12. The van der Waals surface area contributed by atoms with E-state index < -0.39 is 0 Å². The minimum absolute atomic E-state index is 0.202. The molecule has 0 aromatic heterocycles. The normalized spacial score (nSPS) is 17.7. The molecule has 0 radical (unpaired) electrons. The van der Waals surface area contributed by atoms with Gasteiger partial charge in [0.2, 0.25) is 5.91 Å². The van der Waals surface area contributed by atoms with Crippen molar-refractivity contribution in [3.05, 3.63) is 0 Å². The first-order chi connectivity index (χ1) is 8.13. The molecule has 1 fully saturated rings. The second-order valence-corrected chi connectivity index (χ2v) is 4.67. The molecule has 0 aromatic carbocycles. The highest BCUT2D eigenvalue weighted by molar-refractivity contribution is 5.75. The van der Waals surface area contributed by atoms with Crippen LogP contribution in [0.3, 0.4) is 0 Å². The van der Waals surface area contributed by atoms with E-state index in [0.29, 0.717) is 13.0 Å². The lowest BCUT2D eigenvalue weighted by Crippen LogP contribution is -2.46. The van der Waals surface area contributed by atoms with Gasteiger partial charge in [0.15, 0.2) is 0 Å². The summed E-state index contributed by atoms with van der Waals surface area (Å²) >= 11 is 0. The van der Waals surface area contributed by atoms with E-state index in [2.05, 4.69) is 15.9 Å². The summed E-state index contributed by atoms with van der Waals surface area (Å²) in [5.41, 5.74) is 0. The third-order valence-electron chi connectivity index (χ3n) is 3.12. The Kier molecular flexibility index (Phi) is 5.95. The van der Waals surface area contributed by atoms with Crippen LogP contribution in [0, 0.1) is 11.3 Å². The van der Waals surface area contributed by atoms with Crippen LogP contribution in [0.25, 0.3) is 0 Å². The summed E-state index contributed by atoms with van der Waals surface area (Å²) in [5.74, 6) is 0.202. The quantitative estimate of drug-likeness (QED) is 0.632. The Labute approximate surface area is 104 Å². The van der Waals surface area contributed by atoms with E-state index in [-0.39, 0.29) is 5.91 Å². The lowest BCUT2D eigenvalue weighted by atomic mass is 10.2. The minimum atomic E-state index is 0.202. The summed E-state index contributed by atoms with van der Waals surface area (Å²) in [4.78, 5) is 17.6. The van der Waals surface area contributed by atoms with Crippen LogP contribution in [0.2, 0.25) is 0 Å². The molecule has 17 heavy (non-hydrogen) atoms. The van der Waals surface area contributed by atoms with Crippen LogP contribution < -0.4 is 0 Å². The van der Waals surface area contributed by atoms with Crippen molar-refractivity contribution in [1.82, 2.24) is 14.7 Å². The fourth-order valence-corrected chi connectivity index (χ4v) is 1.95. The Hall–Kier alpha value is -1.12. The number of piperazine rings is 1. The zero-order valence-electron chi connectivity index (χ0n) is 10.9. The molecule has 0 aromatic rings. The van der Waals surface area contributed by atoms with Crippen molar-refractivity contribution in [2.45, 2.75) is 12.8 Å². The first-order valence-corrected chi connectivity index (χ1v) is 6.15. The van der Waals surface area contributed by atoms with Crippen molar-refractivity contribution >= 4 is 5.91 Å². The van der Waals surface area contributed by atoms with Crippen molar-refractivity contribution in [1.29, 1.82) is 5.26 Å². The predicted molar refractivity (Wildman–Crippen MR) is 66.4 cm³/mol. The van der Waals surface area contributed by atoms with Crippen molar-refractivity contribution < 1.29 is 4.79 Å². The molecule has 0 unspecified atom stereocenters. The molecule has 5 nitrogen and oxygen atoms in total. The van der Waals surface area contributed by atoms with E-state index in [1.54, 1.807) is 19.0 Å². The maximum atomic E-state index is 11.4. The van der Waals surface area contributed by atoms with Crippen molar-refractivity contribution in [3.63, 3.8) is 0 Å². The van der Waals surface area contributed by atoms with Crippen molar-refractivity contribution in [3.8, 4) is 6.07 Å². The number of hydrogen-bond donors (Lipinski definition) is 0. The lowest BCUT2D eigenvalue weighted by molar-refractivity contribution is -0.128. The molecule has 5 heteroatoms. The summed E-state index contributed by atoms with van der Waals surface area (Å²) in [6, 6.07) is 2.18. The molecule has 1 aliphatic rings. The van der Waals surface area contributed by atoms with E-state index in [9.17, 15) is 4.79 Å². The van der Waals surface area contributed by atoms with Gasteiger partial charge in [-0.1, -0.05) is 0 Å². The topological polar surface area (TPSA) is 50.6 Å². The van der Waals surface area contributed by atoms with Crippen LogP contribution in [0.4, 0.5) is 0 Å². The highest BCUT2D eigenvalue weighted by atomic mass is 16.2. The van der Waals surface area contributed by atoms with Crippen LogP contribution in [-0.4, -0.2) is 74.0 Å². The Morgan fingerprint density at radius 2 is 1.82 bits per heavy atom. The van der Waals surface area contributed by atoms with Gasteiger partial charge in [0.25, 0.3) is 0 Å². The number of nitrogens with zero attached hydrogens (tertiary/aromatic N) is 4. The minimum Gasteiger partial charge on any atom is -0.349 e. The number of rotatable bonds is 5. The Morgan fingerprint density at radius 1 is 1.24 bits per heavy atom. The van der Waals surface area contributed by atoms with Crippen LogP contribution in [0.15, 0.2) is 0 Å². The summed E-state index contributed by atoms with van der Waals surface area (Å²) in [7, 11) is 3.59. The van der Waals surface area contributed by atoms with E-state index >= 15 is 0 Å². The van der Waals surface area contributed by atoms with Gasteiger partial charge in [-0.15, -0.1) is 0 Å². The molecule has 1 heterocycles. The molecule has 0 aliphatic carbocycles. The molecular weight excluding hydrogens is 216 g/mol. The molecule has 1 rings (SSSR count). The number of carbonyl (C=O) groups excluding carboxylic acids is 1. The summed E-state index contributed by atoms with van der Waals surface area (Å²) in [6.45, 7) is 5.48. The highest BCUT2D eigenvalue weighted by Gasteiger charge is 2.16. The molecule has 0 saturated carbocycles. The Bertz CT molecular complexity index is 277. The van der Waals surface area contributed by atoms with E-state index in [1.165, 1.54) is 0 Å². The third kappa shape index (κ3) is 5.16. The predicted octanol–water partition coefficient (Wildman–Crippen LogP) is -0.00402. The summed E-state index contributed by atoms with van der Waals surface area (Å²) < 4.78 is 0. The lowest BCUT2D eigenvalue weighted by Gasteiger charge is -2.33. The van der Waals surface area contributed by atoms with Crippen LogP contribution >= 0.6 is 0 Å². The van der Waals surface area contributed by atoms with Crippen molar-refractivity contribution in [2.75, 3.05) is 53.4 Å². The highest BCUT2D eigenvalue weighted by Crippen LogP contribution is 2.03. The number of carbonyl (C=O) groups is 1. The van der Waals surface area contributed by atoms with Gasteiger partial charge in [-0.05, 0) is 13.0 Å². The smallest absolute Gasteiger partial charge is 0.222 e. The van der Waals surface area contributed by atoms with Gasteiger partial charge in [0, 0.05) is 46.7 Å². The van der Waals surface area contributed by atoms with E-state index in [0.717, 1.165) is 39.1 Å². The molecule has 0 atom stereocenters. The zero-order chi connectivity index (χ0) is 12.7. The largest absolute Gasteiger partial charge is 0.349 e. The monoisotopic (exact) mass is 238 g/mol. The number of nitriles is 1. The van der Waals surface area contributed by atoms with Gasteiger partial charge >= 0.3 is 0 Å². The zero-order valence-corrected chi connectivity index (χ0v) is 10.9. The summed E-state index contributed by atoms with van der Waals surface area (Å²) in [5, 5.41) is 8.59. The molecule has 1 aliphatic heterocycles. The summed E-state index contributed by atoms with van der Waals surface area (Å²) in [6.07, 6.45) is 1.56. The fraction of sp³-hybridized carbons (Fsp3) is 0.833. The van der Waals surface area contributed by atoms with Crippen LogP contribution in [-0.2, 0) is 4.79 Å². The SMILES string of the molecule is CN(C)C(=O)CCCN1CCN(CC#N)CC1. The molecule has 1 amide bonds. The first kappa shape index (κ1) is 13.9. The van der Waals surface area contributed by atoms with Crippen LogP contribution in [0.5, 0.6) is 0 Å². The Morgan fingerprint density at radius 3 is 2.35 bits per heavy atom. The second kappa shape index (κ2) is 7.25. The molecule has 96 valence electrons. The molecule has 0 spiro atoms. The average Bonchev–Trinajstić information content (AvgIpc) is 2.31. The van der Waals surface area contributed by atoms with Gasteiger partial charge in [0.05, 0.1) is 12.6 Å². The van der Waals surface area contributed by atoms with Gasteiger partial charge in [0.1, 0.15) is 0 Å². The second-order valence-electron chi connectivity index (χ2n) is 4.67. The van der Waals surface area contributed by atoms with Gasteiger partial charge in [-0.25, -0.2) is 0 Å². The number of hydrogen-bond acceptors (Lipinski definition) is 4. The average molecular weight is 238 g/mol. The van der Waals surface area contributed by atoms with E-state index in [4.69, 9.17) is 5.26 Å². The van der Waals surface area contributed by atoms with Gasteiger partial charge < -0.3 is 9.80 Å². The maximum absolute atomic E-state index is 11.4. The van der Waals surface area contributed by atoms with Crippen molar-refractivity contribution in [2.24, 2.45) is 0 Å².